The summed E-state index contributed by atoms with van der Waals surface area (Å²) < 4.78 is 0. The van der Waals surface area contributed by atoms with Gasteiger partial charge in [0.2, 0.25) is 0 Å². The maximum absolute atomic E-state index is 2.37. The van der Waals surface area contributed by atoms with Gasteiger partial charge in [0.1, 0.15) is 0 Å². The highest BCUT2D eigenvalue weighted by molar-refractivity contribution is 8.02. The molecule has 0 saturated heterocycles. The molecule has 0 aromatic rings. The molecule has 1 rings (SSSR count). The number of hydrogen-bond acceptors (Lipinski definition) is 2. The van der Waals surface area contributed by atoms with Crippen molar-refractivity contribution >= 4 is 11.8 Å². The summed E-state index contributed by atoms with van der Waals surface area (Å²) in [6.07, 6.45) is 3.42. The zero-order chi connectivity index (χ0) is 6.69. The standard InChI is InChI=1S/C7H13NS/c1-3-4-8-5-6-9-7(8)2/h5-7H,3-4H2,1-2H3. The monoisotopic (exact) mass is 143 g/mol. The summed E-state index contributed by atoms with van der Waals surface area (Å²) in [6, 6.07) is 0. The molecule has 0 bridgehead atoms. The molecule has 0 fully saturated rings. The van der Waals surface area contributed by atoms with E-state index in [4.69, 9.17) is 0 Å². The van der Waals surface area contributed by atoms with E-state index in [2.05, 4.69) is 30.4 Å². The average molecular weight is 143 g/mol. The summed E-state index contributed by atoms with van der Waals surface area (Å²) in [5.74, 6) is 0. The maximum Gasteiger partial charge on any atom is 0.0758 e. The van der Waals surface area contributed by atoms with Crippen molar-refractivity contribution in [3.63, 3.8) is 0 Å². The SMILES string of the molecule is CCCN1C=CSC1C. The van der Waals surface area contributed by atoms with Crippen molar-refractivity contribution in [3.05, 3.63) is 11.6 Å². The molecule has 1 unspecified atom stereocenters. The fraction of sp³-hybridized carbons (Fsp3) is 0.714. The highest BCUT2D eigenvalue weighted by Gasteiger charge is 2.11. The van der Waals surface area contributed by atoms with E-state index in [1.54, 1.807) is 0 Å². The lowest BCUT2D eigenvalue weighted by molar-refractivity contribution is 0.377. The molecule has 0 saturated carbocycles. The van der Waals surface area contributed by atoms with Gasteiger partial charge < -0.3 is 4.90 Å². The molecule has 1 heterocycles. The lowest BCUT2D eigenvalue weighted by Crippen LogP contribution is -2.22. The Bertz CT molecular complexity index is 111. The van der Waals surface area contributed by atoms with E-state index in [9.17, 15) is 0 Å². The van der Waals surface area contributed by atoms with Gasteiger partial charge in [-0.1, -0.05) is 6.92 Å². The van der Waals surface area contributed by atoms with E-state index in [0.717, 1.165) is 0 Å². The van der Waals surface area contributed by atoms with Gasteiger partial charge in [0.05, 0.1) is 5.37 Å². The molecule has 1 aliphatic heterocycles. The highest BCUT2D eigenvalue weighted by Crippen LogP contribution is 2.23. The molecule has 0 aromatic carbocycles. The van der Waals surface area contributed by atoms with Gasteiger partial charge in [0.15, 0.2) is 0 Å². The first-order valence-electron chi connectivity index (χ1n) is 3.42. The van der Waals surface area contributed by atoms with Crippen LogP contribution in [0, 0.1) is 0 Å². The molecule has 0 aliphatic carbocycles. The van der Waals surface area contributed by atoms with Crippen LogP contribution in [-0.4, -0.2) is 16.8 Å². The maximum atomic E-state index is 2.37. The van der Waals surface area contributed by atoms with E-state index in [-0.39, 0.29) is 0 Å². The Morgan fingerprint density at radius 3 is 2.89 bits per heavy atom. The zero-order valence-corrected chi connectivity index (χ0v) is 6.82. The Morgan fingerprint density at radius 1 is 1.67 bits per heavy atom. The molecule has 0 radical (unpaired) electrons. The molecule has 9 heavy (non-hydrogen) atoms. The summed E-state index contributed by atoms with van der Waals surface area (Å²) in [6.45, 7) is 5.65. The first-order valence-corrected chi connectivity index (χ1v) is 4.36. The Hall–Kier alpha value is -0.110. The first-order chi connectivity index (χ1) is 4.34. The van der Waals surface area contributed by atoms with Gasteiger partial charge in [0, 0.05) is 12.7 Å². The van der Waals surface area contributed by atoms with Crippen molar-refractivity contribution in [2.75, 3.05) is 6.54 Å². The Morgan fingerprint density at radius 2 is 2.44 bits per heavy atom. The number of rotatable bonds is 2. The minimum atomic E-state index is 0.671. The normalized spacial score (nSPS) is 25.6. The second-order valence-electron chi connectivity index (χ2n) is 2.26. The fourth-order valence-corrected chi connectivity index (χ4v) is 1.73. The predicted octanol–water partition coefficient (Wildman–Crippen LogP) is 2.26. The minimum absolute atomic E-state index is 0.671. The highest BCUT2D eigenvalue weighted by atomic mass is 32.2. The van der Waals surface area contributed by atoms with Gasteiger partial charge >= 0.3 is 0 Å². The van der Waals surface area contributed by atoms with Crippen LogP contribution >= 0.6 is 11.8 Å². The third-order valence-corrected chi connectivity index (χ3v) is 2.42. The summed E-state index contributed by atoms with van der Waals surface area (Å²) in [5, 5.41) is 2.84. The van der Waals surface area contributed by atoms with Crippen molar-refractivity contribution in [2.24, 2.45) is 0 Å². The lowest BCUT2D eigenvalue weighted by Gasteiger charge is -2.19. The Labute approximate surface area is 61.1 Å². The predicted molar refractivity (Wildman–Crippen MR) is 43.2 cm³/mol. The van der Waals surface area contributed by atoms with E-state index >= 15 is 0 Å². The van der Waals surface area contributed by atoms with Crippen molar-refractivity contribution < 1.29 is 0 Å². The van der Waals surface area contributed by atoms with Crippen LogP contribution in [0.4, 0.5) is 0 Å². The number of thioether (sulfide) groups is 1. The molecule has 0 aromatic heterocycles. The van der Waals surface area contributed by atoms with Gasteiger partial charge in [0.25, 0.3) is 0 Å². The van der Waals surface area contributed by atoms with Gasteiger partial charge in [-0.15, -0.1) is 11.8 Å². The summed E-state index contributed by atoms with van der Waals surface area (Å²) in [7, 11) is 0. The van der Waals surface area contributed by atoms with E-state index < -0.39 is 0 Å². The third-order valence-electron chi connectivity index (χ3n) is 1.48. The van der Waals surface area contributed by atoms with Gasteiger partial charge in [-0.25, -0.2) is 0 Å². The molecule has 0 N–H and O–H groups in total. The largest absolute Gasteiger partial charge is 0.365 e. The Balaban J connectivity index is 2.31. The van der Waals surface area contributed by atoms with Crippen molar-refractivity contribution in [1.29, 1.82) is 0 Å². The second-order valence-corrected chi connectivity index (χ2v) is 3.48. The number of nitrogens with zero attached hydrogens (tertiary/aromatic N) is 1. The molecule has 1 atom stereocenters. The number of hydrogen-bond donors (Lipinski definition) is 0. The van der Waals surface area contributed by atoms with Crippen LogP contribution in [-0.2, 0) is 0 Å². The molecule has 0 spiro atoms. The van der Waals surface area contributed by atoms with Crippen LogP contribution in [0.25, 0.3) is 0 Å². The van der Waals surface area contributed by atoms with Gasteiger partial charge in [-0.3, -0.25) is 0 Å². The zero-order valence-electron chi connectivity index (χ0n) is 6.00. The summed E-state index contributed by atoms with van der Waals surface area (Å²) in [5.41, 5.74) is 0. The second kappa shape index (κ2) is 3.16. The Kier molecular flexibility index (Phi) is 2.46. The van der Waals surface area contributed by atoms with Crippen LogP contribution in [0.15, 0.2) is 11.6 Å². The van der Waals surface area contributed by atoms with E-state index in [0.29, 0.717) is 5.37 Å². The molecular weight excluding hydrogens is 130 g/mol. The van der Waals surface area contributed by atoms with E-state index in [1.165, 1.54) is 13.0 Å². The quantitative estimate of drug-likeness (QED) is 0.583. The minimum Gasteiger partial charge on any atom is -0.365 e. The van der Waals surface area contributed by atoms with Crippen LogP contribution in [0.2, 0.25) is 0 Å². The smallest absolute Gasteiger partial charge is 0.0758 e. The lowest BCUT2D eigenvalue weighted by atomic mass is 10.4. The van der Waals surface area contributed by atoms with Gasteiger partial charge in [-0.05, 0) is 18.8 Å². The van der Waals surface area contributed by atoms with Crippen molar-refractivity contribution in [1.82, 2.24) is 4.90 Å². The summed E-state index contributed by atoms with van der Waals surface area (Å²) >= 11 is 1.89. The first kappa shape index (κ1) is 7.00. The van der Waals surface area contributed by atoms with Crippen molar-refractivity contribution in [3.8, 4) is 0 Å². The molecule has 0 amide bonds. The topological polar surface area (TPSA) is 3.24 Å². The van der Waals surface area contributed by atoms with Crippen LogP contribution in [0.3, 0.4) is 0 Å². The average Bonchev–Trinajstić information content (AvgIpc) is 2.18. The van der Waals surface area contributed by atoms with E-state index in [1.807, 2.05) is 11.8 Å². The van der Waals surface area contributed by atoms with Crippen LogP contribution in [0.1, 0.15) is 20.3 Å². The van der Waals surface area contributed by atoms with Crippen molar-refractivity contribution in [2.45, 2.75) is 25.6 Å². The summed E-state index contributed by atoms with van der Waals surface area (Å²) in [4.78, 5) is 2.37. The molecule has 52 valence electrons. The molecule has 2 heteroatoms. The fourth-order valence-electron chi connectivity index (χ4n) is 0.941. The molecular formula is C7H13NS. The van der Waals surface area contributed by atoms with Crippen LogP contribution in [0.5, 0.6) is 0 Å². The molecule has 1 nitrogen and oxygen atoms in total. The van der Waals surface area contributed by atoms with Gasteiger partial charge in [-0.2, -0.15) is 0 Å². The van der Waals surface area contributed by atoms with Crippen LogP contribution < -0.4 is 0 Å². The molecule has 1 aliphatic rings. The third kappa shape index (κ3) is 1.65.